The molecule has 11 heteroatoms. The van der Waals surface area contributed by atoms with Gasteiger partial charge in [-0.1, -0.05) is 26.0 Å². The van der Waals surface area contributed by atoms with Gasteiger partial charge in [-0.15, -0.1) is 0 Å². The van der Waals surface area contributed by atoms with Gasteiger partial charge in [0.05, 0.1) is 10.5 Å². The monoisotopic (exact) mass is 498 g/mol. The molecular formula is C23H29F3N4O3S. The highest BCUT2D eigenvalue weighted by Gasteiger charge is 2.31. The second-order valence-electron chi connectivity index (χ2n) is 8.00. The molecule has 0 N–H and O–H groups in total. The standard InChI is InChI=1S/C23H29F3N4O3S/c1-3-30(4-2)34(32,33)20-9-5-18(6-10-20)7-12-22(31)29-15-13-28(14-16-29)21-11-8-19(17-27-21)23(24,25)26/h5-6,8-11,17H,3-4,7,12-16H2,1-2H3. The maximum Gasteiger partial charge on any atom is 0.417 e. The van der Waals surface area contributed by atoms with Crippen LogP contribution in [0.3, 0.4) is 0 Å². The van der Waals surface area contributed by atoms with Crippen LogP contribution < -0.4 is 4.90 Å². The first-order valence-electron chi connectivity index (χ1n) is 11.2. The first kappa shape index (κ1) is 26.0. The van der Waals surface area contributed by atoms with E-state index in [1.165, 1.54) is 10.4 Å². The number of hydrogen-bond acceptors (Lipinski definition) is 5. The number of piperazine rings is 1. The number of hydrogen-bond donors (Lipinski definition) is 0. The van der Waals surface area contributed by atoms with Crippen molar-refractivity contribution in [1.82, 2.24) is 14.2 Å². The van der Waals surface area contributed by atoms with Crippen molar-refractivity contribution in [3.63, 3.8) is 0 Å². The van der Waals surface area contributed by atoms with Crippen molar-refractivity contribution in [2.45, 2.75) is 37.8 Å². The lowest BCUT2D eigenvalue weighted by Gasteiger charge is -2.35. The predicted molar refractivity (Wildman–Crippen MR) is 123 cm³/mol. The number of sulfonamides is 1. The number of anilines is 1. The second-order valence-corrected chi connectivity index (χ2v) is 9.94. The molecule has 0 unspecified atom stereocenters. The smallest absolute Gasteiger partial charge is 0.353 e. The molecule has 1 aromatic heterocycles. The van der Waals surface area contributed by atoms with Crippen molar-refractivity contribution in [3.8, 4) is 0 Å². The Morgan fingerprint density at radius 1 is 1.00 bits per heavy atom. The molecule has 1 aromatic carbocycles. The van der Waals surface area contributed by atoms with E-state index in [2.05, 4.69) is 4.98 Å². The van der Waals surface area contributed by atoms with E-state index in [1.807, 2.05) is 4.90 Å². The molecule has 0 bridgehead atoms. The molecule has 3 rings (SSSR count). The molecule has 7 nitrogen and oxygen atoms in total. The van der Waals surface area contributed by atoms with Crippen LogP contribution in [0.25, 0.3) is 0 Å². The third-order valence-electron chi connectivity index (χ3n) is 5.93. The first-order chi connectivity index (χ1) is 16.1. The van der Waals surface area contributed by atoms with Gasteiger partial charge in [-0.2, -0.15) is 17.5 Å². The summed E-state index contributed by atoms with van der Waals surface area (Å²) in [5.74, 6) is 0.444. The van der Waals surface area contributed by atoms with Gasteiger partial charge in [0.15, 0.2) is 0 Å². The van der Waals surface area contributed by atoms with E-state index in [1.54, 1.807) is 43.0 Å². The molecule has 0 saturated carbocycles. The van der Waals surface area contributed by atoms with Crippen LogP contribution in [0.4, 0.5) is 19.0 Å². The Labute approximate surface area is 198 Å². The van der Waals surface area contributed by atoms with Crippen LogP contribution in [-0.4, -0.2) is 67.8 Å². The molecule has 34 heavy (non-hydrogen) atoms. The summed E-state index contributed by atoms with van der Waals surface area (Å²) in [5.41, 5.74) is 0.0863. The normalized spacial score (nSPS) is 15.1. The van der Waals surface area contributed by atoms with Crippen LogP contribution in [0.2, 0.25) is 0 Å². The van der Waals surface area contributed by atoms with Crippen LogP contribution in [-0.2, 0) is 27.4 Å². The van der Waals surface area contributed by atoms with Gasteiger partial charge in [-0.25, -0.2) is 13.4 Å². The van der Waals surface area contributed by atoms with Crippen molar-refractivity contribution in [1.29, 1.82) is 0 Å². The van der Waals surface area contributed by atoms with Gasteiger partial charge in [0, 0.05) is 51.9 Å². The minimum absolute atomic E-state index is 0.0140. The van der Waals surface area contributed by atoms with Crippen molar-refractivity contribution in [2.75, 3.05) is 44.2 Å². The maximum absolute atomic E-state index is 12.7. The summed E-state index contributed by atoms with van der Waals surface area (Å²) in [6.07, 6.45) is -2.81. The Bertz CT molecular complexity index is 1060. The summed E-state index contributed by atoms with van der Waals surface area (Å²) in [7, 11) is -3.51. The predicted octanol–water partition coefficient (Wildman–Crippen LogP) is 3.41. The fourth-order valence-corrected chi connectivity index (χ4v) is 5.33. The van der Waals surface area contributed by atoms with Crippen molar-refractivity contribution in [3.05, 3.63) is 53.7 Å². The third kappa shape index (κ3) is 6.06. The fraction of sp³-hybridized carbons (Fsp3) is 0.478. The summed E-state index contributed by atoms with van der Waals surface area (Å²) in [6, 6.07) is 8.98. The van der Waals surface area contributed by atoms with Gasteiger partial charge in [0.25, 0.3) is 0 Å². The average molecular weight is 499 g/mol. The highest BCUT2D eigenvalue weighted by atomic mass is 32.2. The molecule has 2 aromatic rings. The summed E-state index contributed by atoms with van der Waals surface area (Å²) in [6.45, 7) is 6.28. The zero-order valence-electron chi connectivity index (χ0n) is 19.3. The van der Waals surface area contributed by atoms with Gasteiger partial charge >= 0.3 is 6.18 Å². The SMILES string of the molecule is CCN(CC)S(=O)(=O)c1ccc(CCC(=O)N2CCN(c3ccc(C(F)(F)F)cn3)CC2)cc1. The number of pyridine rings is 1. The topological polar surface area (TPSA) is 73.8 Å². The fourth-order valence-electron chi connectivity index (χ4n) is 3.88. The van der Waals surface area contributed by atoms with Gasteiger partial charge in [-0.05, 0) is 36.2 Å². The molecule has 0 aliphatic carbocycles. The lowest BCUT2D eigenvalue weighted by Crippen LogP contribution is -2.49. The lowest BCUT2D eigenvalue weighted by atomic mass is 10.1. The molecule has 1 aliphatic heterocycles. The Morgan fingerprint density at radius 2 is 1.62 bits per heavy atom. The number of aromatic nitrogens is 1. The van der Waals surface area contributed by atoms with Crippen LogP contribution in [0.15, 0.2) is 47.5 Å². The molecule has 0 atom stereocenters. The number of carbonyl (C=O) groups is 1. The van der Waals surface area contributed by atoms with Crippen molar-refractivity contribution >= 4 is 21.7 Å². The number of alkyl halides is 3. The van der Waals surface area contributed by atoms with E-state index in [0.717, 1.165) is 17.8 Å². The van der Waals surface area contributed by atoms with E-state index in [4.69, 9.17) is 0 Å². The van der Waals surface area contributed by atoms with Crippen LogP contribution in [0.1, 0.15) is 31.4 Å². The van der Waals surface area contributed by atoms with Gasteiger partial charge < -0.3 is 9.80 Å². The maximum atomic E-state index is 12.7. The Balaban J connectivity index is 1.50. The Hall–Kier alpha value is -2.66. The van der Waals surface area contributed by atoms with E-state index >= 15 is 0 Å². The number of benzene rings is 1. The highest BCUT2D eigenvalue weighted by molar-refractivity contribution is 7.89. The molecule has 0 spiro atoms. The number of halogens is 3. The molecular weight excluding hydrogens is 469 g/mol. The Kier molecular flexibility index (Phi) is 8.19. The summed E-state index contributed by atoms with van der Waals surface area (Å²) in [4.78, 5) is 20.4. The van der Waals surface area contributed by atoms with Gasteiger partial charge in [0.2, 0.25) is 15.9 Å². The number of amides is 1. The quantitative estimate of drug-likeness (QED) is 0.558. The minimum atomic E-state index is -4.42. The minimum Gasteiger partial charge on any atom is -0.353 e. The molecule has 186 valence electrons. The second kappa shape index (κ2) is 10.7. The third-order valence-corrected chi connectivity index (χ3v) is 7.99. The average Bonchev–Trinajstić information content (AvgIpc) is 2.83. The van der Waals surface area contributed by atoms with Crippen LogP contribution in [0, 0.1) is 0 Å². The Morgan fingerprint density at radius 3 is 2.12 bits per heavy atom. The molecule has 1 aliphatic rings. The largest absolute Gasteiger partial charge is 0.417 e. The molecule has 2 heterocycles. The summed E-state index contributed by atoms with van der Waals surface area (Å²) >= 11 is 0. The van der Waals surface area contributed by atoms with Crippen molar-refractivity contribution in [2.24, 2.45) is 0 Å². The highest BCUT2D eigenvalue weighted by Crippen LogP contribution is 2.29. The summed E-state index contributed by atoms with van der Waals surface area (Å²) < 4.78 is 64.7. The summed E-state index contributed by atoms with van der Waals surface area (Å²) in [5, 5.41) is 0. The van der Waals surface area contributed by atoms with Crippen molar-refractivity contribution < 1.29 is 26.4 Å². The zero-order valence-corrected chi connectivity index (χ0v) is 20.1. The lowest BCUT2D eigenvalue weighted by molar-refractivity contribution is -0.137. The van der Waals surface area contributed by atoms with E-state index < -0.39 is 21.8 Å². The molecule has 1 saturated heterocycles. The van der Waals surface area contributed by atoms with Crippen LogP contribution >= 0.6 is 0 Å². The first-order valence-corrected chi connectivity index (χ1v) is 12.6. The van der Waals surface area contributed by atoms with Gasteiger partial charge in [0.1, 0.15) is 5.82 Å². The number of aryl methyl sites for hydroxylation is 1. The van der Waals surface area contributed by atoms with Crippen LogP contribution in [0.5, 0.6) is 0 Å². The molecule has 1 fully saturated rings. The number of nitrogens with zero attached hydrogens (tertiary/aromatic N) is 4. The number of carbonyl (C=O) groups excluding carboxylic acids is 1. The van der Waals surface area contributed by atoms with E-state index in [9.17, 15) is 26.4 Å². The van der Waals surface area contributed by atoms with E-state index in [-0.39, 0.29) is 10.8 Å². The number of rotatable bonds is 8. The zero-order chi connectivity index (χ0) is 24.9. The van der Waals surface area contributed by atoms with E-state index in [0.29, 0.717) is 57.9 Å². The molecule has 1 amide bonds. The molecule has 0 radical (unpaired) electrons. The van der Waals surface area contributed by atoms with Gasteiger partial charge in [-0.3, -0.25) is 4.79 Å².